The number of carbonyl (C=O) groups excluding carboxylic acids is 1. The number of piperidine rings is 1. The van der Waals surface area contributed by atoms with Crippen molar-refractivity contribution in [3.05, 3.63) is 50.9 Å². The Bertz CT molecular complexity index is 1130. The summed E-state index contributed by atoms with van der Waals surface area (Å²) < 4.78 is 5.28. The lowest BCUT2D eigenvalue weighted by Crippen LogP contribution is -2.36. The monoisotopic (exact) mass is 422 g/mol. The summed E-state index contributed by atoms with van der Waals surface area (Å²) in [6.45, 7) is 1.74. The molecule has 31 heavy (non-hydrogen) atoms. The largest absolute Gasteiger partial charge is 0.504 e. The predicted molar refractivity (Wildman–Crippen MR) is 117 cm³/mol. The lowest BCUT2D eigenvalue weighted by atomic mass is 9.76. The number of allylic oxidation sites excluding steroid dienone is 2. The third-order valence-electron chi connectivity index (χ3n) is 6.44. The first-order chi connectivity index (χ1) is 15.1. The molecule has 1 atom stereocenters. The van der Waals surface area contributed by atoms with Gasteiger partial charge in [0.25, 0.3) is 5.56 Å². The number of nitrogens with one attached hydrogen (secondary N) is 2. The fourth-order valence-electron chi connectivity index (χ4n) is 4.91. The number of rotatable bonds is 3. The summed E-state index contributed by atoms with van der Waals surface area (Å²) in [5.74, 6) is 0.879. The maximum absolute atomic E-state index is 13.3. The van der Waals surface area contributed by atoms with E-state index in [-0.39, 0.29) is 17.1 Å². The Hall–Kier alpha value is -3.29. The van der Waals surface area contributed by atoms with Crippen LogP contribution in [0.2, 0.25) is 0 Å². The van der Waals surface area contributed by atoms with Crippen molar-refractivity contribution in [2.45, 2.75) is 44.4 Å². The van der Waals surface area contributed by atoms with Crippen LogP contribution >= 0.6 is 0 Å². The van der Waals surface area contributed by atoms with Crippen LogP contribution in [0.3, 0.4) is 0 Å². The molecule has 5 rings (SSSR count). The number of carbonyl (C=O) groups is 1. The molecule has 162 valence electrons. The fraction of sp³-hybridized carbons (Fsp3) is 0.435. The number of ether oxygens (including phenoxy) is 1. The van der Waals surface area contributed by atoms with E-state index in [1.807, 2.05) is 0 Å². The zero-order valence-corrected chi connectivity index (χ0v) is 17.5. The molecular formula is C23H26N4O4. The molecule has 1 fully saturated rings. The number of phenols is 1. The molecule has 3 aliphatic rings. The summed E-state index contributed by atoms with van der Waals surface area (Å²) in [5.41, 5.74) is 2.36. The van der Waals surface area contributed by atoms with E-state index in [9.17, 15) is 14.7 Å². The van der Waals surface area contributed by atoms with Gasteiger partial charge in [0, 0.05) is 36.7 Å². The van der Waals surface area contributed by atoms with Crippen LogP contribution in [-0.4, -0.2) is 41.1 Å². The first-order valence-corrected chi connectivity index (χ1v) is 10.9. The number of phenolic OH excluding ortho intramolecular Hbond substituents is 1. The Labute approximate surface area is 180 Å². The van der Waals surface area contributed by atoms with Gasteiger partial charge in [-0.2, -0.15) is 4.98 Å². The molecule has 0 unspecified atom stereocenters. The highest BCUT2D eigenvalue weighted by atomic mass is 16.5. The number of methoxy groups -OCH3 is 1. The number of anilines is 2. The van der Waals surface area contributed by atoms with Crippen LogP contribution in [0.1, 0.15) is 55.6 Å². The number of aromatic nitrogens is 2. The van der Waals surface area contributed by atoms with E-state index in [1.54, 1.807) is 12.1 Å². The van der Waals surface area contributed by atoms with Gasteiger partial charge in [0.1, 0.15) is 5.82 Å². The highest BCUT2D eigenvalue weighted by molar-refractivity contribution is 6.01. The zero-order chi connectivity index (χ0) is 21.5. The Morgan fingerprint density at radius 3 is 2.71 bits per heavy atom. The van der Waals surface area contributed by atoms with Gasteiger partial charge in [-0.1, -0.05) is 6.07 Å². The van der Waals surface area contributed by atoms with Gasteiger partial charge in [0.15, 0.2) is 17.3 Å². The van der Waals surface area contributed by atoms with Crippen molar-refractivity contribution in [2.24, 2.45) is 0 Å². The second-order valence-electron chi connectivity index (χ2n) is 8.36. The Kier molecular flexibility index (Phi) is 4.92. The number of ketones is 1. The molecular weight excluding hydrogens is 396 g/mol. The van der Waals surface area contributed by atoms with Crippen molar-refractivity contribution in [3.8, 4) is 11.5 Å². The van der Waals surface area contributed by atoms with Gasteiger partial charge >= 0.3 is 0 Å². The van der Waals surface area contributed by atoms with Crippen molar-refractivity contribution in [2.75, 3.05) is 30.4 Å². The molecule has 3 N–H and O–H groups in total. The first kappa shape index (κ1) is 19.7. The molecule has 3 heterocycles. The Morgan fingerprint density at radius 2 is 1.94 bits per heavy atom. The summed E-state index contributed by atoms with van der Waals surface area (Å²) in [5, 5.41) is 13.4. The van der Waals surface area contributed by atoms with E-state index < -0.39 is 5.92 Å². The normalized spacial score (nSPS) is 20.7. The SMILES string of the molecule is COc1cc([C@H]2C3=C(CCCC3=O)Nc3nc(N4CCCCC4)[nH]c(=O)c32)ccc1O. The molecule has 2 aromatic rings. The topological polar surface area (TPSA) is 108 Å². The minimum absolute atomic E-state index is 0.0112. The Morgan fingerprint density at radius 1 is 1.13 bits per heavy atom. The van der Waals surface area contributed by atoms with E-state index in [1.165, 1.54) is 19.6 Å². The summed E-state index contributed by atoms with van der Waals surface area (Å²) >= 11 is 0. The van der Waals surface area contributed by atoms with Gasteiger partial charge in [0.05, 0.1) is 12.7 Å². The molecule has 1 aromatic carbocycles. The van der Waals surface area contributed by atoms with Crippen molar-refractivity contribution < 1.29 is 14.6 Å². The number of nitrogens with zero attached hydrogens (tertiary/aromatic N) is 2. The number of hydrogen-bond donors (Lipinski definition) is 3. The van der Waals surface area contributed by atoms with Crippen molar-refractivity contribution in [1.82, 2.24) is 9.97 Å². The van der Waals surface area contributed by atoms with Crippen LogP contribution in [0.15, 0.2) is 34.3 Å². The Balaban J connectivity index is 1.68. The van der Waals surface area contributed by atoms with Gasteiger partial charge in [-0.15, -0.1) is 0 Å². The predicted octanol–water partition coefficient (Wildman–Crippen LogP) is 3.04. The van der Waals surface area contributed by atoms with Crippen molar-refractivity contribution in [1.29, 1.82) is 0 Å². The van der Waals surface area contributed by atoms with Crippen LogP contribution in [0.25, 0.3) is 0 Å². The molecule has 0 saturated carbocycles. The van der Waals surface area contributed by atoms with E-state index in [4.69, 9.17) is 9.72 Å². The van der Waals surface area contributed by atoms with Gasteiger partial charge in [-0.05, 0) is 49.8 Å². The lowest BCUT2D eigenvalue weighted by molar-refractivity contribution is -0.116. The molecule has 0 spiro atoms. The average Bonchev–Trinajstić information content (AvgIpc) is 2.79. The standard InChI is InChI=1S/C23H26N4O4/c1-31-17-12-13(8-9-15(17)28)18-19-14(6-5-7-16(19)29)24-21-20(18)22(30)26-23(25-21)27-10-3-2-4-11-27/h8-9,12,18,28H,2-7,10-11H2,1H3,(H2,24,25,26,30)/t18-/m0/s1. The minimum atomic E-state index is -0.555. The van der Waals surface area contributed by atoms with Gasteiger partial charge < -0.3 is 20.1 Å². The highest BCUT2D eigenvalue weighted by Crippen LogP contribution is 2.45. The smallest absolute Gasteiger partial charge is 0.258 e. The average molecular weight is 422 g/mol. The van der Waals surface area contributed by atoms with E-state index >= 15 is 0 Å². The summed E-state index contributed by atoms with van der Waals surface area (Å²) in [6, 6.07) is 4.97. The van der Waals surface area contributed by atoms with Gasteiger partial charge in [0.2, 0.25) is 5.95 Å². The summed E-state index contributed by atoms with van der Waals surface area (Å²) in [6.07, 6.45) is 5.31. The lowest BCUT2D eigenvalue weighted by Gasteiger charge is -2.34. The summed E-state index contributed by atoms with van der Waals surface area (Å²) in [7, 11) is 1.48. The maximum Gasteiger partial charge on any atom is 0.258 e. The van der Waals surface area contributed by atoms with E-state index in [2.05, 4.69) is 15.2 Å². The molecule has 8 nitrogen and oxygen atoms in total. The van der Waals surface area contributed by atoms with Crippen molar-refractivity contribution in [3.63, 3.8) is 0 Å². The molecule has 0 radical (unpaired) electrons. The molecule has 0 bridgehead atoms. The van der Waals surface area contributed by atoms with E-state index in [0.29, 0.717) is 35.1 Å². The van der Waals surface area contributed by atoms with E-state index in [0.717, 1.165) is 50.0 Å². The number of Topliss-reactive ketones (excluding diaryl/α,β-unsaturated/α-hetero) is 1. The van der Waals surface area contributed by atoms with Crippen LogP contribution in [0.5, 0.6) is 11.5 Å². The number of aromatic amines is 1. The maximum atomic E-state index is 13.3. The number of benzene rings is 1. The van der Waals surface area contributed by atoms with Crippen LogP contribution < -0.4 is 20.5 Å². The highest BCUT2D eigenvalue weighted by Gasteiger charge is 2.38. The van der Waals surface area contributed by atoms with Crippen LogP contribution in [0, 0.1) is 0 Å². The second kappa shape index (κ2) is 7.76. The molecule has 0 amide bonds. The molecule has 1 aromatic heterocycles. The van der Waals surface area contributed by atoms with Gasteiger partial charge in [-0.3, -0.25) is 14.6 Å². The third kappa shape index (κ3) is 3.36. The molecule has 8 heteroatoms. The number of H-pyrrole nitrogens is 1. The molecule has 1 aliphatic carbocycles. The van der Waals surface area contributed by atoms with Crippen molar-refractivity contribution >= 4 is 17.5 Å². The number of fused-ring (bicyclic) bond motifs is 1. The first-order valence-electron chi connectivity index (χ1n) is 10.9. The quantitative estimate of drug-likeness (QED) is 0.698. The van der Waals surface area contributed by atoms with Gasteiger partial charge in [-0.25, -0.2) is 0 Å². The molecule has 1 saturated heterocycles. The number of aromatic hydroxyl groups is 1. The van der Waals surface area contributed by atoms with Crippen LogP contribution in [-0.2, 0) is 4.79 Å². The zero-order valence-electron chi connectivity index (χ0n) is 17.5. The third-order valence-corrected chi connectivity index (χ3v) is 6.44. The fourth-order valence-corrected chi connectivity index (χ4v) is 4.91. The molecule has 2 aliphatic heterocycles. The number of hydrogen-bond acceptors (Lipinski definition) is 7. The van der Waals surface area contributed by atoms with Crippen LogP contribution in [0.4, 0.5) is 11.8 Å². The minimum Gasteiger partial charge on any atom is -0.504 e. The summed E-state index contributed by atoms with van der Waals surface area (Å²) in [4.78, 5) is 36.1. The second-order valence-corrected chi connectivity index (χ2v) is 8.36.